The van der Waals surface area contributed by atoms with Crippen LogP contribution in [0.2, 0.25) is 5.02 Å². The van der Waals surface area contributed by atoms with Crippen molar-refractivity contribution in [3.8, 4) is 0 Å². The molecule has 2 aromatic rings. The van der Waals surface area contributed by atoms with E-state index in [9.17, 15) is 9.18 Å². The highest BCUT2D eigenvalue weighted by molar-refractivity contribution is 9.09. The molecule has 0 bridgehead atoms. The average Bonchev–Trinajstić information content (AvgIpc) is 2.48. The number of hydrogen-bond donors (Lipinski definition) is 1. The lowest BCUT2D eigenvalue weighted by atomic mass is 9.94. The van der Waals surface area contributed by atoms with Crippen LogP contribution in [-0.4, -0.2) is 11.2 Å². The number of carbonyl (C=O) groups is 1. The van der Waals surface area contributed by atoms with Crippen molar-refractivity contribution >= 4 is 33.4 Å². The van der Waals surface area contributed by atoms with Gasteiger partial charge in [0.25, 0.3) is 5.91 Å². The van der Waals surface area contributed by atoms with E-state index in [1.807, 2.05) is 37.3 Å². The molecule has 0 spiro atoms. The zero-order valence-electron chi connectivity index (χ0n) is 11.4. The van der Waals surface area contributed by atoms with Crippen LogP contribution in [-0.2, 0) is 5.54 Å². The summed E-state index contributed by atoms with van der Waals surface area (Å²) in [5.74, 6) is -1.17. The summed E-state index contributed by atoms with van der Waals surface area (Å²) in [6.45, 7) is 1.86. The predicted molar refractivity (Wildman–Crippen MR) is 86.5 cm³/mol. The first-order valence-electron chi connectivity index (χ1n) is 6.36. The Morgan fingerprint density at radius 3 is 2.48 bits per heavy atom. The fourth-order valence-corrected chi connectivity index (χ4v) is 2.73. The molecule has 0 aliphatic rings. The number of hydrogen-bond acceptors (Lipinski definition) is 1. The summed E-state index contributed by atoms with van der Waals surface area (Å²) < 4.78 is 13.8. The molecule has 21 heavy (non-hydrogen) atoms. The first kappa shape index (κ1) is 16.0. The van der Waals surface area contributed by atoms with Crippen LogP contribution < -0.4 is 5.32 Å². The SMILES string of the molecule is CC(CBr)(NC(=O)c1c(F)cccc1Cl)c1ccccc1. The number of benzene rings is 2. The maximum absolute atomic E-state index is 13.8. The second-order valence-corrected chi connectivity index (χ2v) is 5.85. The minimum absolute atomic E-state index is 0.0949. The first-order valence-corrected chi connectivity index (χ1v) is 7.86. The van der Waals surface area contributed by atoms with Gasteiger partial charge in [-0.25, -0.2) is 4.39 Å². The van der Waals surface area contributed by atoms with Crippen molar-refractivity contribution in [3.05, 3.63) is 70.5 Å². The van der Waals surface area contributed by atoms with Crippen LogP contribution in [0.25, 0.3) is 0 Å². The monoisotopic (exact) mass is 369 g/mol. The molecule has 2 rings (SSSR count). The molecule has 0 heterocycles. The van der Waals surface area contributed by atoms with E-state index in [-0.39, 0.29) is 10.6 Å². The van der Waals surface area contributed by atoms with Crippen molar-refractivity contribution in [1.82, 2.24) is 5.32 Å². The standard InChI is InChI=1S/C16H14BrClFNO/c1-16(10-17,11-6-3-2-4-7-11)20-15(21)14-12(18)8-5-9-13(14)19/h2-9H,10H2,1H3,(H,20,21). The highest BCUT2D eigenvalue weighted by Gasteiger charge is 2.29. The first-order chi connectivity index (χ1) is 9.98. The Morgan fingerprint density at radius 2 is 1.90 bits per heavy atom. The van der Waals surface area contributed by atoms with Gasteiger partial charge in [0.1, 0.15) is 5.82 Å². The second-order valence-electron chi connectivity index (χ2n) is 4.88. The van der Waals surface area contributed by atoms with Crippen molar-refractivity contribution in [1.29, 1.82) is 0 Å². The fourth-order valence-electron chi connectivity index (χ4n) is 2.02. The van der Waals surface area contributed by atoms with Crippen LogP contribution in [0.4, 0.5) is 4.39 Å². The summed E-state index contributed by atoms with van der Waals surface area (Å²) in [7, 11) is 0. The van der Waals surface area contributed by atoms with E-state index in [1.54, 1.807) is 0 Å². The third kappa shape index (κ3) is 3.44. The summed E-state index contributed by atoms with van der Waals surface area (Å²) in [4.78, 5) is 12.4. The normalized spacial score (nSPS) is 13.5. The quantitative estimate of drug-likeness (QED) is 0.788. The van der Waals surface area contributed by atoms with Gasteiger partial charge in [-0.1, -0.05) is 63.9 Å². The number of carbonyl (C=O) groups excluding carboxylic acids is 1. The van der Waals surface area contributed by atoms with E-state index in [4.69, 9.17) is 11.6 Å². The van der Waals surface area contributed by atoms with Crippen LogP contribution in [0.1, 0.15) is 22.8 Å². The Bertz CT molecular complexity index is 630. The topological polar surface area (TPSA) is 29.1 Å². The predicted octanol–water partition coefficient (Wildman–Crippen LogP) is 4.52. The third-order valence-electron chi connectivity index (χ3n) is 3.26. The number of nitrogens with one attached hydrogen (secondary N) is 1. The molecular formula is C16H14BrClFNO. The van der Waals surface area contributed by atoms with Crippen LogP contribution in [0.3, 0.4) is 0 Å². The lowest BCUT2D eigenvalue weighted by molar-refractivity contribution is 0.0910. The summed E-state index contributed by atoms with van der Waals surface area (Å²) in [5, 5.41) is 3.43. The zero-order valence-corrected chi connectivity index (χ0v) is 13.7. The molecule has 0 aliphatic heterocycles. The highest BCUT2D eigenvalue weighted by atomic mass is 79.9. The van der Waals surface area contributed by atoms with Gasteiger partial charge >= 0.3 is 0 Å². The lowest BCUT2D eigenvalue weighted by Crippen LogP contribution is -2.45. The van der Waals surface area contributed by atoms with E-state index in [1.165, 1.54) is 18.2 Å². The smallest absolute Gasteiger partial charge is 0.256 e. The van der Waals surface area contributed by atoms with Crippen LogP contribution in [0.5, 0.6) is 0 Å². The molecule has 1 atom stereocenters. The molecule has 1 N–H and O–H groups in total. The van der Waals surface area contributed by atoms with E-state index in [2.05, 4.69) is 21.2 Å². The molecule has 1 amide bonds. The van der Waals surface area contributed by atoms with E-state index in [0.717, 1.165) is 5.56 Å². The minimum atomic E-state index is -0.663. The van der Waals surface area contributed by atoms with E-state index in [0.29, 0.717) is 5.33 Å². The second kappa shape index (κ2) is 6.58. The Labute approximate surface area is 136 Å². The summed E-state index contributed by atoms with van der Waals surface area (Å²) in [5.41, 5.74) is 0.120. The van der Waals surface area contributed by atoms with Gasteiger partial charge in [0.2, 0.25) is 0 Å². The van der Waals surface area contributed by atoms with Gasteiger partial charge < -0.3 is 5.32 Å². The van der Waals surface area contributed by atoms with Gasteiger partial charge in [0.05, 0.1) is 16.1 Å². The molecule has 2 nitrogen and oxygen atoms in total. The van der Waals surface area contributed by atoms with Crippen molar-refractivity contribution in [2.45, 2.75) is 12.5 Å². The Morgan fingerprint density at radius 1 is 1.24 bits per heavy atom. The number of amides is 1. The van der Waals surface area contributed by atoms with Crippen LogP contribution in [0, 0.1) is 5.82 Å². The summed E-state index contributed by atoms with van der Waals surface area (Å²) in [6, 6.07) is 13.7. The molecule has 1 unspecified atom stereocenters. The average molecular weight is 371 g/mol. The molecule has 0 radical (unpaired) electrons. The molecule has 0 fully saturated rings. The summed E-state index contributed by atoms with van der Waals surface area (Å²) in [6.07, 6.45) is 0. The zero-order chi connectivity index (χ0) is 15.5. The van der Waals surface area contributed by atoms with Crippen LogP contribution in [0.15, 0.2) is 48.5 Å². The molecule has 0 saturated carbocycles. The maximum atomic E-state index is 13.8. The van der Waals surface area contributed by atoms with E-state index >= 15 is 0 Å². The third-order valence-corrected chi connectivity index (χ3v) is 4.69. The molecule has 0 saturated heterocycles. The number of rotatable bonds is 4. The lowest BCUT2D eigenvalue weighted by Gasteiger charge is -2.29. The number of alkyl halides is 1. The van der Waals surface area contributed by atoms with Crippen molar-refractivity contribution < 1.29 is 9.18 Å². The summed E-state index contributed by atoms with van der Waals surface area (Å²) >= 11 is 9.34. The fraction of sp³-hybridized carbons (Fsp3) is 0.188. The number of halogens is 3. The van der Waals surface area contributed by atoms with Gasteiger partial charge in [0, 0.05) is 5.33 Å². The minimum Gasteiger partial charge on any atom is -0.342 e. The van der Waals surface area contributed by atoms with Crippen LogP contribution >= 0.6 is 27.5 Å². The molecule has 110 valence electrons. The van der Waals surface area contributed by atoms with Crippen molar-refractivity contribution in [2.24, 2.45) is 0 Å². The van der Waals surface area contributed by atoms with Gasteiger partial charge in [-0.05, 0) is 24.6 Å². The molecule has 0 aromatic heterocycles. The highest BCUT2D eigenvalue weighted by Crippen LogP contribution is 2.25. The van der Waals surface area contributed by atoms with Gasteiger partial charge in [-0.15, -0.1) is 0 Å². The van der Waals surface area contributed by atoms with Gasteiger partial charge in [-0.2, -0.15) is 0 Å². The maximum Gasteiger partial charge on any atom is 0.256 e. The van der Waals surface area contributed by atoms with Crippen molar-refractivity contribution in [3.63, 3.8) is 0 Å². The van der Waals surface area contributed by atoms with E-state index < -0.39 is 17.3 Å². The van der Waals surface area contributed by atoms with Gasteiger partial charge in [0.15, 0.2) is 0 Å². The Hall–Kier alpha value is -1.39. The van der Waals surface area contributed by atoms with Gasteiger partial charge in [-0.3, -0.25) is 4.79 Å². The molecule has 2 aromatic carbocycles. The largest absolute Gasteiger partial charge is 0.342 e. The molecule has 0 aliphatic carbocycles. The molecular weight excluding hydrogens is 357 g/mol. The Balaban J connectivity index is 2.33. The molecule has 5 heteroatoms. The van der Waals surface area contributed by atoms with Crippen molar-refractivity contribution in [2.75, 3.05) is 5.33 Å². The Kier molecular flexibility index (Phi) is 5.01.